The van der Waals surface area contributed by atoms with Crippen molar-refractivity contribution in [1.29, 1.82) is 0 Å². The first-order chi connectivity index (χ1) is 8.66. The van der Waals surface area contributed by atoms with Crippen molar-refractivity contribution in [2.24, 2.45) is 0 Å². The second-order valence-electron chi connectivity index (χ2n) is 5.44. The number of carboxylic acids is 1. The molecule has 0 amide bonds. The Morgan fingerprint density at radius 1 is 1.33 bits per heavy atom. The van der Waals surface area contributed by atoms with Crippen LogP contribution in [0.1, 0.15) is 53.6 Å². The molecule has 1 saturated carbocycles. The molecule has 98 valence electrons. The van der Waals surface area contributed by atoms with Gasteiger partial charge in [-0.2, -0.15) is 0 Å². The number of aromatic nitrogens is 2. The van der Waals surface area contributed by atoms with Gasteiger partial charge in [0.15, 0.2) is 5.69 Å². The Morgan fingerprint density at radius 2 is 2.06 bits per heavy atom. The Hall–Kier alpha value is -1.36. The third kappa shape index (κ3) is 1.82. The maximum Gasteiger partial charge on any atom is 0.356 e. The van der Waals surface area contributed by atoms with Crippen LogP contribution in [0.2, 0.25) is 0 Å². The van der Waals surface area contributed by atoms with Gasteiger partial charge in [0, 0.05) is 25.6 Å². The lowest BCUT2D eigenvalue weighted by molar-refractivity contribution is 0.0687. The quantitative estimate of drug-likeness (QED) is 0.866. The van der Waals surface area contributed by atoms with E-state index < -0.39 is 5.97 Å². The SMILES string of the molecule is CN1CCn2c(C3CCCC3)nc(C(=O)O)c2C1. The third-order valence-electron chi connectivity index (χ3n) is 4.15. The molecule has 3 rings (SSSR count). The molecule has 1 N–H and O–H groups in total. The summed E-state index contributed by atoms with van der Waals surface area (Å²) < 4.78 is 2.17. The largest absolute Gasteiger partial charge is 0.476 e. The summed E-state index contributed by atoms with van der Waals surface area (Å²) in [6, 6.07) is 0. The molecule has 0 saturated heterocycles. The molecule has 18 heavy (non-hydrogen) atoms. The van der Waals surface area contributed by atoms with Gasteiger partial charge in [-0.15, -0.1) is 0 Å². The number of hydrogen-bond acceptors (Lipinski definition) is 3. The van der Waals surface area contributed by atoms with Crippen molar-refractivity contribution < 1.29 is 9.90 Å². The van der Waals surface area contributed by atoms with E-state index in [0.29, 0.717) is 12.5 Å². The van der Waals surface area contributed by atoms with Gasteiger partial charge in [-0.3, -0.25) is 4.90 Å². The fourth-order valence-corrected chi connectivity index (χ4v) is 3.19. The molecule has 0 spiro atoms. The lowest BCUT2D eigenvalue weighted by Gasteiger charge is -2.26. The highest BCUT2D eigenvalue weighted by Gasteiger charge is 2.30. The normalized spacial score (nSPS) is 21.2. The number of carbonyl (C=O) groups is 1. The zero-order valence-electron chi connectivity index (χ0n) is 10.7. The second-order valence-corrected chi connectivity index (χ2v) is 5.44. The monoisotopic (exact) mass is 249 g/mol. The fraction of sp³-hybridized carbons (Fsp3) is 0.692. The number of hydrogen-bond donors (Lipinski definition) is 1. The van der Waals surface area contributed by atoms with Crippen molar-refractivity contribution >= 4 is 5.97 Å². The van der Waals surface area contributed by atoms with Gasteiger partial charge in [0.05, 0.1) is 5.69 Å². The van der Waals surface area contributed by atoms with Gasteiger partial charge in [0.25, 0.3) is 0 Å². The van der Waals surface area contributed by atoms with Gasteiger partial charge >= 0.3 is 5.97 Å². The van der Waals surface area contributed by atoms with Crippen LogP contribution in [-0.4, -0.2) is 39.1 Å². The van der Waals surface area contributed by atoms with Crippen molar-refractivity contribution in [1.82, 2.24) is 14.5 Å². The molecule has 0 aromatic carbocycles. The van der Waals surface area contributed by atoms with Crippen molar-refractivity contribution in [3.05, 3.63) is 17.2 Å². The van der Waals surface area contributed by atoms with Gasteiger partial charge in [0.2, 0.25) is 0 Å². The maximum atomic E-state index is 11.3. The van der Waals surface area contributed by atoms with Gasteiger partial charge in [0.1, 0.15) is 5.82 Å². The topological polar surface area (TPSA) is 58.4 Å². The summed E-state index contributed by atoms with van der Waals surface area (Å²) in [6.07, 6.45) is 4.81. The molecule has 2 heterocycles. The summed E-state index contributed by atoms with van der Waals surface area (Å²) in [4.78, 5) is 17.9. The molecule has 1 aromatic rings. The summed E-state index contributed by atoms with van der Waals surface area (Å²) in [7, 11) is 2.03. The maximum absolute atomic E-state index is 11.3. The Morgan fingerprint density at radius 3 is 2.72 bits per heavy atom. The van der Waals surface area contributed by atoms with E-state index in [-0.39, 0.29) is 5.69 Å². The van der Waals surface area contributed by atoms with Gasteiger partial charge in [-0.05, 0) is 19.9 Å². The standard InChI is InChI=1S/C13H19N3O2/c1-15-6-7-16-10(8-15)11(13(17)18)14-12(16)9-4-2-3-5-9/h9H,2-8H2,1H3,(H,17,18). The first kappa shape index (κ1) is 11.7. The Bertz CT molecular complexity index is 475. The summed E-state index contributed by atoms with van der Waals surface area (Å²) in [5, 5.41) is 9.29. The van der Waals surface area contributed by atoms with Crippen LogP contribution in [0, 0.1) is 0 Å². The Balaban J connectivity index is 2.04. The molecule has 2 aliphatic rings. The van der Waals surface area contributed by atoms with E-state index in [4.69, 9.17) is 0 Å². The van der Waals surface area contributed by atoms with E-state index in [1.807, 2.05) is 7.05 Å². The van der Waals surface area contributed by atoms with Gasteiger partial charge in [-0.1, -0.05) is 12.8 Å². The van der Waals surface area contributed by atoms with Crippen molar-refractivity contribution in [2.45, 2.75) is 44.7 Å². The van der Waals surface area contributed by atoms with Crippen LogP contribution in [0.5, 0.6) is 0 Å². The van der Waals surface area contributed by atoms with Crippen LogP contribution in [0.25, 0.3) is 0 Å². The van der Waals surface area contributed by atoms with Gasteiger partial charge in [-0.25, -0.2) is 9.78 Å². The molecule has 5 heteroatoms. The Labute approximate surface area is 106 Å². The number of aromatic carboxylic acids is 1. The first-order valence-corrected chi connectivity index (χ1v) is 6.68. The fourth-order valence-electron chi connectivity index (χ4n) is 3.19. The van der Waals surface area contributed by atoms with E-state index in [0.717, 1.165) is 37.4 Å². The molecular weight excluding hydrogens is 230 g/mol. The minimum absolute atomic E-state index is 0.267. The van der Waals surface area contributed by atoms with E-state index in [2.05, 4.69) is 14.5 Å². The summed E-state index contributed by atoms with van der Waals surface area (Å²) >= 11 is 0. The van der Waals surface area contributed by atoms with Crippen LogP contribution in [-0.2, 0) is 13.1 Å². The van der Waals surface area contributed by atoms with Crippen LogP contribution in [0.4, 0.5) is 0 Å². The molecule has 0 radical (unpaired) electrons. The molecular formula is C13H19N3O2. The summed E-state index contributed by atoms with van der Waals surface area (Å²) in [5.74, 6) is 0.603. The second kappa shape index (κ2) is 4.39. The molecule has 0 unspecified atom stereocenters. The van der Waals surface area contributed by atoms with Crippen LogP contribution < -0.4 is 0 Å². The molecule has 1 fully saturated rings. The van der Waals surface area contributed by atoms with Crippen molar-refractivity contribution in [2.75, 3.05) is 13.6 Å². The van der Waals surface area contributed by atoms with Crippen LogP contribution in [0.3, 0.4) is 0 Å². The number of nitrogens with zero attached hydrogens (tertiary/aromatic N) is 3. The van der Waals surface area contributed by atoms with Gasteiger partial charge < -0.3 is 9.67 Å². The van der Waals surface area contributed by atoms with Crippen LogP contribution >= 0.6 is 0 Å². The third-order valence-corrected chi connectivity index (χ3v) is 4.15. The molecule has 0 bridgehead atoms. The average molecular weight is 249 g/mol. The smallest absolute Gasteiger partial charge is 0.356 e. The van der Waals surface area contributed by atoms with Crippen molar-refractivity contribution in [3.8, 4) is 0 Å². The number of likely N-dealkylation sites (N-methyl/N-ethyl adjacent to an activating group) is 1. The predicted molar refractivity (Wildman–Crippen MR) is 66.7 cm³/mol. The molecule has 1 aliphatic heterocycles. The minimum atomic E-state index is -0.890. The molecule has 5 nitrogen and oxygen atoms in total. The van der Waals surface area contributed by atoms with E-state index in [9.17, 15) is 9.90 Å². The average Bonchev–Trinajstić information content (AvgIpc) is 2.93. The lowest BCUT2D eigenvalue weighted by Crippen LogP contribution is -2.32. The zero-order valence-corrected chi connectivity index (χ0v) is 10.7. The minimum Gasteiger partial charge on any atom is -0.476 e. The molecule has 1 aromatic heterocycles. The zero-order chi connectivity index (χ0) is 12.7. The van der Waals surface area contributed by atoms with E-state index in [1.165, 1.54) is 12.8 Å². The summed E-state index contributed by atoms with van der Waals surface area (Å²) in [6.45, 7) is 2.54. The molecule has 1 aliphatic carbocycles. The predicted octanol–water partition coefficient (Wildman–Crippen LogP) is 1.68. The molecule has 0 atom stereocenters. The highest BCUT2D eigenvalue weighted by Crippen LogP contribution is 2.35. The first-order valence-electron chi connectivity index (χ1n) is 6.68. The highest BCUT2D eigenvalue weighted by atomic mass is 16.4. The summed E-state index contributed by atoms with van der Waals surface area (Å²) in [5.41, 5.74) is 1.15. The van der Waals surface area contributed by atoms with Crippen molar-refractivity contribution in [3.63, 3.8) is 0 Å². The van der Waals surface area contributed by atoms with Crippen LogP contribution in [0.15, 0.2) is 0 Å². The van der Waals surface area contributed by atoms with E-state index >= 15 is 0 Å². The number of carboxylic acid groups (broad SMARTS) is 1. The highest BCUT2D eigenvalue weighted by molar-refractivity contribution is 5.87. The number of imidazole rings is 1. The number of fused-ring (bicyclic) bond motifs is 1. The lowest BCUT2D eigenvalue weighted by atomic mass is 10.1. The Kier molecular flexibility index (Phi) is 2.86. The number of rotatable bonds is 2. The van der Waals surface area contributed by atoms with E-state index in [1.54, 1.807) is 0 Å².